The van der Waals surface area contributed by atoms with Crippen LogP contribution < -0.4 is 15.4 Å². The van der Waals surface area contributed by atoms with E-state index in [1.807, 2.05) is 0 Å². The van der Waals surface area contributed by atoms with Crippen LogP contribution in [0, 0.1) is 0 Å². The van der Waals surface area contributed by atoms with E-state index >= 15 is 0 Å². The highest BCUT2D eigenvalue weighted by Crippen LogP contribution is 2.35. The Morgan fingerprint density at radius 3 is 2.38 bits per heavy atom. The molecule has 0 aliphatic rings. The van der Waals surface area contributed by atoms with Crippen LogP contribution in [0.2, 0.25) is 5.02 Å². The van der Waals surface area contributed by atoms with Crippen LogP contribution in [0.1, 0.15) is 12.5 Å². The molecular weight excluding hydrogens is 490 g/mol. The molecular formula is C21H17ClF6N4O2. The lowest BCUT2D eigenvalue weighted by atomic mass is 10.1. The van der Waals surface area contributed by atoms with E-state index in [1.165, 1.54) is 18.2 Å². The van der Waals surface area contributed by atoms with Gasteiger partial charge in [-0.05, 0) is 37.3 Å². The molecule has 0 amide bonds. The number of hydrogen-bond donors (Lipinski definition) is 3. The lowest BCUT2D eigenvalue weighted by molar-refractivity contribution is -0.274. The second-order valence-electron chi connectivity index (χ2n) is 7.08. The van der Waals surface area contributed by atoms with Crippen LogP contribution in [-0.4, -0.2) is 34.1 Å². The minimum atomic E-state index is -4.89. The first-order valence-corrected chi connectivity index (χ1v) is 9.98. The predicted molar refractivity (Wildman–Crippen MR) is 114 cm³/mol. The van der Waals surface area contributed by atoms with E-state index < -0.39 is 29.9 Å². The van der Waals surface area contributed by atoms with Crippen molar-refractivity contribution in [1.29, 1.82) is 0 Å². The number of aliphatic hydroxyl groups is 1. The zero-order chi connectivity index (χ0) is 25.1. The third-order valence-corrected chi connectivity index (χ3v) is 4.61. The lowest BCUT2D eigenvalue weighted by Gasteiger charge is -2.16. The number of hydrogen-bond acceptors (Lipinski definition) is 6. The second kappa shape index (κ2) is 9.94. The molecule has 0 bridgehead atoms. The molecule has 1 atom stereocenters. The Balaban J connectivity index is 2.00. The second-order valence-corrected chi connectivity index (χ2v) is 7.49. The van der Waals surface area contributed by atoms with Gasteiger partial charge in [0.2, 0.25) is 5.95 Å². The highest BCUT2D eigenvalue weighted by molar-refractivity contribution is 6.33. The number of aliphatic hydroxyl groups excluding tert-OH is 1. The van der Waals surface area contributed by atoms with Crippen molar-refractivity contribution in [2.75, 3.05) is 17.2 Å². The van der Waals surface area contributed by atoms with Crippen LogP contribution in [0.25, 0.3) is 11.3 Å². The lowest BCUT2D eigenvalue weighted by Crippen LogP contribution is -2.21. The maximum absolute atomic E-state index is 12.9. The SMILES string of the molecule is C[C@H](CO)Nc1nc(Nc2ccc(C(F)(F)F)cc2Cl)cc(-c2cccc(OC(F)(F)F)c2)n1. The fourth-order valence-electron chi connectivity index (χ4n) is 2.77. The molecule has 1 heterocycles. The molecule has 182 valence electrons. The van der Waals surface area contributed by atoms with E-state index in [-0.39, 0.29) is 40.3 Å². The van der Waals surface area contributed by atoms with Gasteiger partial charge in [0.05, 0.1) is 28.6 Å². The summed E-state index contributed by atoms with van der Waals surface area (Å²) in [5.41, 5.74) is -0.423. The van der Waals surface area contributed by atoms with Gasteiger partial charge >= 0.3 is 12.5 Å². The average Bonchev–Trinajstić information content (AvgIpc) is 2.73. The molecule has 2 aromatic carbocycles. The van der Waals surface area contributed by atoms with E-state index in [0.717, 1.165) is 30.3 Å². The molecule has 3 aromatic rings. The van der Waals surface area contributed by atoms with E-state index in [2.05, 4.69) is 25.3 Å². The molecule has 1 aromatic heterocycles. The quantitative estimate of drug-likeness (QED) is 0.329. The van der Waals surface area contributed by atoms with Crippen molar-refractivity contribution in [2.45, 2.75) is 25.5 Å². The number of nitrogens with zero attached hydrogens (tertiary/aromatic N) is 2. The number of halogens is 7. The van der Waals surface area contributed by atoms with Crippen molar-refractivity contribution >= 4 is 29.1 Å². The summed E-state index contributed by atoms with van der Waals surface area (Å²) in [5, 5.41) is 14.7. The standard InChI is InChI=1S/C21H17ClF6N4O2/c1-11(10-33)29-19-31-17(12-3-2-4-14(7-12)34-21(26,27)28)9-18(32-19)30-16-6-5-13(8-15(16)22)20(23,24)25/h2-9,11,33H,10H2,1H3,(H2,29,30,31,32)/t11-/m1/s1. The molecule has 3 N–H and O–H groups in total. The van der Waals surface area contributed by atoms with E-state index in [0.29, 0.717) is 0 Å². The van der Waals surface area contributed by atoms with Gasteiger partial charge in [-0.2, -0.15) is 18.2 Å². The first-order chi connectivity index (χ1) is 15.8. The summed E-state index contributed by atoms with van der Waals surface area (Å²) in [6.07, 6.45) is -9.47. The predicted octanol–water partition coefficient (Wildman–Crippen LogP) is 6.25. The minimum Gasteiger partial charge on any atom is -0.406 e. The van der Waals surface area contributed by atoms with Crippen molar-refractivity contribution < 1.29 is 36.2 Å². The van der Waals surface area contributed by atoms with Crippen LogP contribution in [0.5, 0.6) is 5.75 Å². The number of anilines is 3. The number of aromatic nitrogens is 2. The highest BCUT2D eigenvalue weighted by Gasteiger charge is 2.32. The summed E-state index contributed by atoms with van der Waals surface area (Å²) >= 11 is 5.99. The Morgan fingerprint density at radius 1 is 1.03 bits per heavy atom. The smallest absolute Gasteiger partial charge is 0.406 e. The Labute approximate surface area is 194 Å². The molecule has 0 unspecified atom stereocenters. The number of ether oxygens (including phenoxy) is 1. The molecule has 0 saturated carbocycles. The van der Waals surface area contributed by atoms with Crippen LogP contribution in [0.3, 0.4) is 0 Å². The third kappa shape index (κ3) is 6.87. The van der Waals surface area contributed by atoms with Gasteiger partial charge in [-0.25, -0.2) is 4.98 Å². The topological polar surface area (TPSA) is 79.3 Å². The number of nitrogens with one attached hydrogen (secondary N) is 2. The normalized spacial score (nSPS) is 12.9. The molecule has 0 fully saturated rings. The molecule has 13 heteroatoms. The van der Waals surface area contributed by atoms with Gasteiger partial charge < -0.3 is 20.5 Å². The summed E-state index contributed by atoms with van der Waals surface area (Å²) in [5.74, 6) is -0.379. The molecule has 6 nitrogen and oxygen atoms in total. The van der Waals surface area contributed by atoms with Crippen LogP contribution in [0.15, 0.2) is 48.5 Å². The zero-order valence-electron chi connectivity index (χ0n) is 17.3. The molecule has 0 aliphatic heterocycles. The largest absolute Gasteiger partial charge is 0.573 e. The van der Waals surface area contributed by atoms with E-state index in [4.69, 9.17) is 11.6 Å². The van der Waals surface area contributed by atoms with Crippen LogP contribution >= 0.6 is 11.6 Å². The van der Waals surface area contributed by atoms with Crippen LogP contribution in [0.4, 0.5) is 43.8 Å². The van der Waals surface area contributed by atoms with Gasteiger partial charge in [-0.15, -0.1) is 13.2 Å². The summed E-state index contributed by atoms with van der Waals surface area (Å²) < 4.78 is 80.4. The van der Waals surface area contributed by atoms with Crippen molar-refractivity contribution in [2.24, 2.45) is 0 Å². The fraction of sp³-hybridized carbons (Fsp3) is 0.238. The Kier molecular flexibility index (Phi) is 7.41. The van der Waals surface area contributed by atoms with E-state index in [9.17, 15) is 31.4 Å². The summed E-state index contributed by atoms with van der Waals surface area (Å²) in [6, 6.07) is 8.65. The summed E-state index contributed by atoms with van der Waals surface area (Å²) in [7, 11) is 0. The Hall–Kier alpha value is -3.25. The molecule has 0 spiro atoms. The van der Waals surface area contributed by atoms with Crippen molar-refractivity contribution in [3.63, 3.8) is 0 Å². The molecule has 0 radical (unpaired) electrons. The minimum absolute atomic E-state index is 0.00623. The summed E-state index contributed by atoms with van der Waals surface area (Å²) in [4.78, 5) is 8.45. The van der Waals surface area contributed by atoms with Gasteiger partial charge in [0.25, 0.3) is 0 Å². The fourth-order valence-corrected chi connectivity index (χ4v) is 3.00. The van der Waals surface area contributed by atoms with Crippen LogP contribution in [-0.2, 0) is 6.18 Å². The van der Waals surface area contributed by atoms with E-state index in [1.54, 1.807) is 6.92 Å². The van der Waals surface area contributed by atoms with Gasteiger partial charge in [0.1, 0.15) is 11.6 Å². The van der Waals surface area contributed by atoms with Gasteiger partial charge in [0.15, 0.2) is 0 Å². The van der Waals surface area contributed by atoms with Crippen molar-refractivity contribution in [3.8, 4) is 17.0 Å². The zero-order valence-corrected chi connectivity index (χ0v) is 18.1. The molecule has 0 saturated heterocycles. The Morgan fingerprint density at radius 2 is 1.76 bits per heavy atom. The highest BCUT2D eigenvalue weighted by atomic mass is 35.5. The monoisotopic (exact) mass is 506 g/mol. The third-order valence-electron chi connectivity index (χ3n) is 4.30. The molecule has 34 heavy (non-hydrogen) atoms. The van der Waals surface area contributed by atoms with Crippen molar-refractivity contribution in [3.05, 3.63) is 59.1 Å². The molecule has 0 aliphatic carbocycles. The first kappa shape index (κ1) is 25.4. The summed E-state index contributed by atoms with van der Waals surface area (Å²) in [6.45, 7) is 1.36. The van der Waals surface area contributed by atoms with Gasteiger partial charge in [-0.1, -0.05) is 23.7 Å². The number of benzene rings is 2. The maximum atomic E-state index is 12.9. The van der Waals surface area contributed by atoms with Crippen molar-refractivity contribution in [1.82, 2.24) is 9.97 Å². The van der Waals surface area contributed by atoms with Gasteiger partial charge in [-0.3, -0.25) is 0 Å². The Bertz CT molecular complexity index is 1160. The first-order valence-electron chi connectivity index (χ1n) is 9.60. The average molecular weight is 507 g/mol. The number of alkyl halides is 6. The number of rotatable bonds is 7. The van der Waals surface area contributed by atoms with Gasteiger partial charge in [0, 0.05) is 17.7 Å². The maximum Gasteiger partial charge on any atom is 0.573 e. The molecule has 3 rings (SSSR count).